The van der Waals surface area contributed by atoms with Crippen molar-refractivity contribution in [2.75, 3.05) is 7.05 Å². The van der Waals surface area contributed by atoms with Crippen LogP contribution in [0, 0.1) is 0 Å². The van der Waals surface area contributed by atoms with Crippen LogP contribution in [0.5, 0.6) is 5.75 Å². The maximum atomic E-state index is 11.2. The summed E-state index contributed by atoms with van der Waals surface area (Å²) in [4.78, 5) is 11.2. The molecular weight excluding hydrogens is 263 g/mol. The predicted molar refractivity (Wildman–Crippen MR) is 70.7 cm³/mol. The molecule has 0 fully saturated rings. The second-order valence-corrected chi connectivity index (χ2v) is 3.86. The number of amides is 1. The first-order valence-electron chi connectivity index (χ1n) is 4.97. The summed E-state index contributed by atoms with van der Waals surface area (Å²) in [6.07, 6.45) is 0. The number of phenolic OH excluding ortho intramolecular Hbond substituents is 1. The number of nitrogens with one attached hydrogen (secondary N) is 2. The summed E-state index contributed by atoms with van der Waals surface area (Å²) in [6, 6.07) is 4.60. The van der Waals surface area contributed by atoms with Gasteiger partial charge in [-0.25, -0.2) is 0 Å². The van der Waals surface area contributed by atoms with E-state index in [0.717, 1.165) is 0 Å². The highest BCUT2D eigenvalue weighted by Crippen LogP contribution is 2.24. The smallest absolute Gasteiger partial charge is 0.236 e. The van der Waals surface area contributed by atoms with Crippen LogP contribution in [0.15, 0.2) is 18.2 Å². The second kappa shape index (κ2) is 7.37. The second-order valence-electron chi connectivity index (χ2n) is 3.45. The third-order valence-electron chi connectivity index (χ3n) is 2.32. The van der Waals surface area contributed by atoms with Crippen molar-refractivity contribution in [3.8, 4) is 5.75 Å². The molecule has 0 aliphatic rings. The van der Waals surface area contributed by atoms with Crippen molar-refractivity contribution in [1.82, 2.24) is 10.6 Å². The van der Waals surface area contributed by atoms with Gasteiger partial charge in [-0.2, -0.15) is 0 Å². The Morgan fingerprint density at radius 2 is 2.18 bits per heavy atom. The number of benzene rings is 1. The highest BCUT2D eigenvalue weighted by Gasteiger charge is 2.12. The molecule has 0 aromatic heterocycles. The fourth-order valence-corrected chi connectivity index (χ4v) is 1.52. The number of rotatable bonds is 4. The SMILES string of the molecule is CNC(=O)[C@@H](C)NCc1c(O)cccc1Cl.Cl. The van der Waals surface area contributed by atoms with Crippen LogP contribution in [-0.2, 0) is 11.3 Å². The lowest BCUT2D eigenvalue weighted by atomic mass is 10.2. The third-order valence-corrected chi connectivity index (χ3v) is 2.67. The van der Waals surface area contributed by atoms with E-state index in [4.69, 9.17) is 11.6 Å². The molecule has 0 spiro atoms. The lowest BCUT2D eigenvalue weighted by molar-refractivity contribution is -0.122. The first kappa shape index (κ1) is 16.0. The molecule has 96 valence electrons. The van der Waals surface area contributed by atoms with Gasteiger partial charge in [-0.05, 0) is 19.1 Å². The van der Waals surface area contributed by atoms with Crippen molar-refractivity contribution in [3.05, 3.63) is 28.8 Å². The highest BCUT2D eigenvalue weighted by molar-refractivity contribution is 6.31. The zero-order valence-corrected chi connectivity index (χ0v) is 11.2. The minimum absolute atomic E-state index is 0. The molecule has 0 unspecified atom stereocenters. The van der Waals surface area contributed by atoms with E-state index >= 15 is 0 Å². The standard InChI is InChI=1S/C11H15ClN2O2.ClH/c1-7(11(16)13-2)14-6-8-9(12)4-3-5-10(8)15;/h3-5,7,14-15H,6H2,1-2H3,(H,13,16);1H/t7-;/m1./s1. The van der Waals surface area contributed by atoms with Gasteiger partial charge in [0.25, 0.3) is 0 Å². The van der Waals surface area contributed by atoms with Crippen molar-refractivity contribution >= 4 is 29.9 Å². The fourth-order valence-electron chi connectivity index (χ4n) is 1.29. The summed E-state index contributed by atoms with van der Waals surface area (Å²) in [5, 5.41) is 15.6. The summed E-state index contributed by atoms with van der Waals surface area (Å²) in [5.41, 5.74) is 0.597. The van der Waals surface area contributed by atoms with E-state index in [1.807, 2.05) is 0 Å². The summed E-state index contributed by atoms with van der Waals surface area (Å²) < 4.78 is 0. The minimum atomic E-state index is -0.333. The number of hydrogen-bond donors (Lipinski definition) is 3. The Balaban J connectivity index is 0.00000256. The summed E-state index contributed by atoms with van der Waals surface area (Å²) in [5.74, 6) is 0.0238. The number of carbonyl (C=O) groups is 1. The van der Waals surface area contributed by atoms with E-state index in [-0.39, 0.29) is 30.1 Å². The average molecular weight is 279 g/mol. The first-order chi connectivity index (χ1) is 7.56. The van der Waals surface area contributed by atoms with Crippen LogP contribution in [0.25, 0.3) is 0 Å². The van der Waals surface area contributed by atoms with Gasteiger partial charge in [0.2, 0.25) is 5.91 Å². The number of aromatic hydroxyl groups is 1. The maximum absolute atomic E-state index is 11.2. The molecule has 6 heteroatoms. The molecular formula is C11H16Cl2N2O2. The summed E-state index contributed by atoms with van der Waals surface area (Å²) >= 11 is 5.93. The Kier molecular flexibility index (Phi) is 6.95. The summed E-state index contributed by atoms with van der Waals surface area (Å²) in [6.45, 7) is 2.09. The van der Waals surface area contributed by atoms with Gasteiger partial charge >= 0.3 is 0 Å². The van der Waals surface area contributed by atoms with Crippen LogP contribution in [0.1, 0.15) is 12.5 Å². The molecule has 0 heterocycles. The molecule has 4 nitrogen and oxygen atoms in total. The lowest BCUT2D eigenvalue weighted by Crippen LogP contribution is -2.40. The van der Waals surface area contributed by atoms with Crippen LogP contribution >= 0.6 is 24.0 Å². The Morgan fingerprint density at radius 3 is 2.71 bits per heavy atom. The summed E-state index contributed by atoms with van der Waals surface area (Å²) in [7, 11) is 1.58. The number of phenols is 1. The Morgan fingerprint density at radius 1 is 1.53 bits per heavy atom. The molecule has 0 saturated carbocycles. The normalized spacial score (nSPS) is 11.5. The zero-order chi connectivity index (χ0) is 12.1. The monoisotopic (exact) mass is 278 g/mol. The fraction of sp³-hybridized carbons (Fsp3) is 0.364. The Labute approximate surface area is 112 Å². The van der Waals surface area contributed by atoms with Gasteiger partial charge in [0.1, 0.15) is 5.75 Å². The number of carbonyl (C=O) groups excluding carboxylic acids is 1. The molecule has 0 saturated heterocycles. The molecule has 0 aliphatic heterocycles. The molecule has 0 radical (unpaired) electrons. The van der Waals surface area contributed by atoms with Gasteiger partial charge in [0, 0.05) is 24.2 Å². The molecule has 0 bridgehead atoms. The number of halogens is 2. The molecule has 17 heavy (non-hydrogen) atoms. The average Bonchev–Trinajstić information content (AvgIpc) is 2.27. The number of hydrogen-bond acceptors (Lipinski definition) is 3. The van der Waals surface area contributed by atoms with Crippen LogP contribution in [0.4, 0.5) is 0 Å². The van der Waals surface area contributed by atoms with Gasteiger partial charge in [0.05, 0.1) is 6.04 Å². The minimum Gasteiger partial charge on any atom is -0.508 e. The highest BCUT2D eigenvalue weighted by atomic mass is 35.5. The van der Waals surface area contributed by atoms with Crippen molar-refractivity contribution in [2.24, 2.45) is 0 Å². The van der Waals surface area contributed by atoms with Crippen LogP contribution < -0.4 is 10.6 Å². The van der Waals surface area contributed by atoms with Gasteiger partial charge in [-0.3, -0.25) is 4.79 Å². The predicted octanol–water partition coefficient (Wildman–Crippen LogP) is 1.69. The molecule has 0 aliphatic carbocycles. The molecule has 1 amide bonds. The quantitative estimate of drug-likeness (QED) is 0.786. The van der Waals surface area contributed by atoms with Crippen LogP contribution in [0.3, 0.4) is 0 Å². The maximum Gasteiger partial charge on any atom is 0.236 e. The molecule has 3 N–H and O–H groups in total. The van der Waals surface area contributed by atoms with Crippen LogP contribution in [-0.4, -0.2) is 24.1 Å². The zero-order valence-electron chi connectivity index (χ0n) is 9.66. The largest absolute Gasteiger partial charge is 0.508 e. The van der Waals surface area contributed by atoms with Crippen LogP contribution in [0.2, 0.25) is 5.02 Å². The molecule has 1 rings (SSSR count). The van der Waals surface area contributed by atoms with Gasteiger partial charge in [0.15, 0.2) is 0 Å². The first-order valence-corrected chi connectivity index (χ1v) is 5.35. The van der Waals surface area contributed by atoms with Crippen molar-refractivity contribution in [3.63, 3.8) is 0 Å². The van der Waals surface area contributed by atoms with E-state index in [2.05, 4.69) is 10.6 Å². The van der Waals surface area contributed by atoms with Crippen molar-refractivity contribution < 1.29 is 9.90 Å². The van der Waals surface area contributed by atoms with E-state index in [1.54, 1.807) is 32.2 Å². The van der Waals surface area contributed by atoms with E-state index in [9.17, 15) is 9.90 Å². The Bertz CT molecular complexity index is 365. The van der Waals surface area contributed by atoms with Gasteiger partial charge in [-0.1, -0.05) is 17.7 Å². The topological polar surface area (TPSA) is 61.4 Å². The molecule has 1 aromatic carbocycles. The van der Waals surface area contributed by atoms with E-state index in [1.165, 1.54) is 0 Å². The van der Waals surface area contributed by atoms with Gasteiger partial charge in [-0.15, -0.1) is 12.4 Å². The van der Waals surface area contributed by atoms with Crippen molar-refractivity contribution in [2.45, 2.75) is 19.5 Å². The number of likely N-dealkylation sites (N-methyl/N-ethyl adjacent to an activating group) is 1. The van der Waals surface area contributed by atoms with Gasteiger partial charge < -0.3 is 15.7 Å². The lowest BCUT2D eigenvalue weighted by Gasteiger charge is -2.13. The van der Waals surface area contributed by atoms with E-state index in [0.29, 0.717) is 17.1 Å². The molecule has 1 aromatic rings. The van der Waals surface area contributed by atoms with Crippen molar-refractivity contribution in [1.29, 1.82) is 0 Å². The Hall–Kier alpha value is -0.970. The van der Waals surface area contributed by atoms with E-state index < -0.39 is 0 Å². The third kappa shape index (κ3) is 4.42. The molecule has 1 atom stereocenters.